The van der Waals surface area contributed by atoms with Crippen molar-refractivity contribution in [2.75, 3.05) is 6.54 Å². The van der Waals surface area contributed by atoms with Gasteiger partial charge in [-0.3, -0.25) is 14.4 Å². The number of aryl methyl sites for hydroxylation is 1. The van der Waals surface area contributed by atoms with Crippen molar-refractivity contribution < 1.29 is 22.8 Å². The van der Waals surface area contributed by atoms with Gasteiger partial charge in [-0.15, -0.1) is 0 Å². The Kier molecular flexibility index (Phi) is 5.00. The van der Waals surface area contributed by atoms with E-state index in [0.29, 0.717) is 0 Å². The number of carbonyl (C=O) groups excluding carboxylic acids is 2. The van der Waals surface area contributed by atoms with E-state index in [0.717, 1.165) is 17.9 Å². The highest BCUT2D eigenvalue weighted by atomic mass is 19.4. The number of hydrogen-bond donors (Lipinski definition) is 1. The van der Waals surface area contributed by atoms with Gasteiger partial charge in [-0.2, -0.15) is 13.2 Å². The maximum Gasteiger partial charge on any atom is 0.408 e. The Bertz CT molecular complexity index is 699. The first-order chi connectivity index (χ1) is 11.1. The molecule has 1 N–H and O–H groups in total. The van der Waals surface area contributed by atoms with Crippen LogP contribution in [0.2, 0.25) is 0 Å². The standard InChI is InChI=1S/C15H18F3N3O3/c1-9(22)21-8-11(3-4-12(21)15(16,17)18)19-14(24)10-5-6-20(2)13(23)7-10/h5-7,11-12H,3-4,8H2,1-2H3,(H,19,24)/t11-,12+/m0/s1. The highest BCUT2D eigenvalue weighted by molar-refractivity contribution is 5.94. The minimum atomic E-state index is -4.49. The molecule has 0 bridgehead atoms. The molecule has 2 rings (SSSR count). The summed E-state index contributed by atoms with van der Waals surface area (Å²) in [6, 6.07) is 0.177. The molecule has 1 aliphatic heterocycles. The van der Waals surface area contributed by atoms with E-state index in [1.54, 1.807) is 0 Å². The molecular formula is C15H18F3N3O3. The van der Waals surface area contributed by atoms with Crippen LogP contribution in [0.3, 0.4) is 0 Å². The van der Waals surface area contributed by atoms with E-state index in [4.69, 9.17) is 0 Å². The predicted molar refractivity (Wildman–Crippen MR) is 79.4 cm³/mol. The van der Waals surface area contributed by atoms with Gasteiger partial charge in [-0.1, -0.05) is 0 Å². The number of alkyl halides is 3. The number of hydrogen-bond acceptors (Lipinski definition) is 3. The van der Waals surface area contributed by atoms with Gasteiger partial charge in [-0.05, 0) is 18.9 Å². The Morgan fingerprint density at radius 1 is 1.29 bits per heavy atom. The number of nitrogens with one attached hydrogen (secondary N) is 1. The van der Waals surface area contributed by atoms with Gasteiger partial charge in [0.2, 0.25) is 5.91 Å². The molecule has 6 nitrogen and oxygen atoms in total. The first kappa shape index (κ1) is 18.0. The number of pyridine rings is 1. The second-order valence-corrected chi connectivity index (χ2v) is 5.84. The minimum Gasteiger partial charge on any atom is -0.348 e. The number of aromatic nitrogens is 1. The van der Waals surface area contributed by atoms with E-state index in [2.05, 4.69) is 5.32 Å². The Balaban J connectivity index is 2.08. The summed E-state index contributed by atoms with van der Waals surface area (Å²) in [5.74, 6) is -1.24. The monoisotopic (exact) mass is 345 g/mol. The van der Waals surface area contributed by atoms with Gasteiger partial charge in [0.25, 0.3) is 11.5 Å². The molecule has 2 amide bonds. The zero-order valence-electron chi connectivity index (χ0n) is 13.3. The fourth-order valence-corrected chi connectivity index (χ4v) is 2.74. The van der Waals surface area contributed by atoms with Crippen LogP contribution in [0, 0.1) is 0 Å². The topological polar surface area (TPSA) is 71.4 Å². The maximum atomic E-state index is 13.0. The second-order valence-electron chi connectivity index (χ2n) is 5.84. The first-order valence-corrected chi connectivity index (χ1v) is 7.41. The van der Waals surface area contributed by atoms with Crippen molar-refractivity contribution in [1.29, 1.82) is 0 Å². The zero-order valence-corrected chi connectivity index (χ0v) is 13.3. The number of likely N-dealkylation sites (tertiary alicyclic amines) is 1. The molecule has 24 heavy (non-hydrogen) atoms. The SMILES string of the molecule is CC(=O)N1C[C@@H](NC(=O)c2ccn(C)c(=O)c2)CC[C@@H]1C(F)(F)F. The van der Waals surface area contributed by atoms with Crippen LogP contribution in [-0.2, 0) is 11.8 Å². The van der Waals surface area contributed by atoms with Crippen molar-refractivity contribution in [3.05, 3.63) is 34.2 Å². The molecule has 0 aromatic carbocycles. The smallest absolute Gasteiger partial charge is 0.348 e. The molecule has 2 atom stereocenters. The van der Waals surface area contributed by atoms with Crippen LogP contribution in [-0.4, -0.2) is 46.1 Å². The third-order valence-electron chi connectivity index (χ3n) is 4.07. The average molecular weight is 345 g/mol. The largest absolute Gasteiger partial charge is 0.408 e. The van der Waals surface area contributed by atoms with Gasteiger partial charge in [0, 0.05) is 44.4 Å². The molecule has 0 spiro atoms. The Hall–Kier alpha value is -2.32. The summed E-state index contributed by atoms with van der Waals surface area (Å²) in [5, 5.41) is 2.59. The molecular weight excluding hydrogens is 327 g/mol. The number of rotatable bonds is 2. The lowest BCUT2D eigenvalue weighted by atomic mass is 9.97. The number of piperidine rings is 1. The number of halogens is 3. The van der Waals surface area contributed by atoms with E-state index in [9.17, 15) is 27.6 Å². The van der Waals surface area contributed by atoms with Crippen molar-refractivity contribution >= 4 is 11.8 Å². The van der Waals surface area contributed by atoms with Crippen LogP contribution in [0.4, 0.5) is 13.2 Å². The molecule has 0 radical (unpaired) electrons. The van der Waals surface area contributed by atoms with Crippen molar-refractivity contribution in [2.45, 2.75) is 38.0 Å². The third kappa shape index (κ3) is 3.95. The van der Waals surface area contributed by atoms with Gasteiger partial charge in [0.15, 0.2) is 0 Å². The molecule has 0 aliphatic carbocycles. The molecule has 1 aromatic heterocycles. The van der Waals surface area contributed by atoms with Gasteiger partial charge < -0.3 is 14.8 Å². The van der Waals surface area contributed by atoms with E-state index in [1.807, 2.05) is 0 Å². The summed E-state index contributed by atoms with van der Waals surface area (Å²) in [4.78, 5) is 35.9. The van der Waals surface area contributed by atoms with Crippen molar-refractivity contribution in [3.63, 3.8) is 0 Å². The van der Waals surface area contributed by atoms with Gasteiger partial charge in [-0.25, -0.2) is 0 Å². The number of carbonyl (C=O) groups is 2. The summed E-state index contributed by atoms with van der Waals surface area (Å²) in [6.07, 6.45) is -3.24. The lowest BCUT2D eigenvalue weighted by molar-refractivity contribution is -0.196. The first-order valence-electron chi connectivity index (χ1n) is 7.41. The second kappa shape index (κ2) is 6.66. The summed E-state index contributed by atoms with van der Waals surface area (Å²) < 4.78 is 40.2. The fraction of sp³-hybridized carbons (Fsp3) is 0.533. The third-order valence-corrected chi connectivity index (χ3v) is 4.07. The van der Waals surface area contributed by atoms with Crippen molar-refractivity contribution in [1.82, 2.24) is 14.8 Å². The minimum absolute atomic E-state index is 0.102. The fourth-order valence-electron chi connectivity index (χ4n) is 2.74. The van der Waals surface area contributed by atoms with Crippen LogP contribution >= 0.6 is 0 Å². The molecule has 0 unspecified atom stereocenters. The molecule has 9 heteroatoms. The van der Waals surface area contributed by atoms with E-state index in [1.165, 1.54) is 23.9 Å². The Morgan fingerprint density at radius 3 is 2.50 bits per heavy atom. The summed E-state index contributed by atoms with van der Waals surface area (Å²) in [7, 11) is 1.53. The number of amides is 2. The van der Waals surface area contributed by atoms with Crippen LogP contribution in [0.1, 0.15) is 30.1 Å². The summed E-state index contributed by atoms with van der Waals surface area (Å²) in [5.41, 5.74) is -0.237. The average Bonchev–Trinajstić information content (AvgIpc) is 2.48. The summed E-state index contributed by atoms with van der Waals surface area (Å²) in [6.45, 7) is 0.861. The van der Waals surface area contributed by atoms with Crippen LogP contribution in [0.5, 0.6) is 0 Å². The van der Waals surface area contributed by atoms with E-state index >= 15 is 0 Å². The van der Waals surface area contributed by atoms with Gasteiger partial charge in [0.1, 0.15) is 6.04 Å². The molecule has 0 saturated carbocycles. The van der Waals surface area contributed by atoms with Crippen LogP contribution in [0.25, 0.3) is 0 Å². The lowest BCUT2D eigenvalue weighted by Gasteiger charge is -2.40. The molecule has 2 heterocycles. The van der Waals surface area contributed by atoms with Crippen LogP contribution in [0.15, 0.2) is 23.1 Å². The quantitative estimate of drug-likeness (QED) is 0.871. The molecule has 132 valence electrons. The highest BCUT2D eigenvalue weighted by Gasteiger charge is 2.47. The molecule has 1 fully saturated rings. The molecule has 1 saturated heterocycles. The highest BCUT2D eigenvalue weighted by Crippen LogP contribution is 2.32. The molecule has 1 aromatic rings. The maximum absolute atomic E-state index is 13.0. The van der Waals surface area contributed by atoms with Crippen molar-refractivity contribution in [3.8, 4) is 0 Å². The van der Waals surface area contributed by atoms with E-state index in [-0.39, 0.29) is 30.5 Å². The predicted octanol–water partition coefficient (Wildman–Crippen LogP) is 1.06. The Morgan fingerprint density at radius 2 is 1.96 bits per heavy atom. The number of nitrogens with zero attached hydrogens (tertiary/aromatic N) is 2. The van der Waals surface area contributed by atoms with Gasteiger partial charge >= 0.3 is 6.18 Å². The molecule has 1 aliphatic rings. The lowest BCUT2D eigenvalue weighted by Crippen LogP contribution is -2.57. The van der Waals surface area contributed by atoms with Crippen LogP contribution < -0.4 is 10.9 Å². The zero-order chi connectivity index (χ0) is 18.1. The van der Waals surface area contributed by atoms with Gasteiger partial charge in [0.05, 0.1) is 0 Å². The summed E-state index contributed by atoms with van der Waals surface area (Å²) >= 11 is 0. The van der Waals surface area contributed by atoms with E-state index < -0.39 is 30.1 Å². The van der Waals surface area contributed by atoms with Crippen molar-refractivity contribution in [2.24, 2.45) is 7.05 Å². The normalized spacial score (nSPS) is 21.5. The Labute approximate surface area is 136 Å².